The number of allylic oxidation sites excluding steroid dienone is 1. The van der Waals surface area contributed by atoms with Crippen molar-refractivity contribution < 1.29 is 5.21 Å². The average Bonchev–Trinajstić information content (AvgIpc) is 1.69. The maximum atomic E-state index is 7.72. The molecule has 0 aromatic rings. The molecule has 0 fully saturated rings. The molecule has 0 aliphatic carbocycles. The summed E-state index contributed by atoms with van der Waals surface area (Å²) >= 11 is 0. The molecule has 0 spiro atoms. The van der Waals surface area contributed by atoms with Crippen LogP contribution in [-0.4, -0.2) is 11.1 Å². The normalized spacial score (nSPS) is 5.86. The SMILES string of the molecule is CCC=C=C=NO. The van der Waals surface area contributed by atoms with Crippen LogP contribution in [0, 0.1) is 0 Å². The van der Waals surface area contributed by atoms with Gasteiger partial charge in [-0.2, -0.15) is 0 Å². The molecular formula is C5H7NO. The van der Waals surface area contributed by atoms with E-state index in [1.807, 2.05) is 6.92 Å². The first kappa shape index (κ1) is 6.03. The van der Waals surface area contributed by atoms with Gasteiger partial charge in [-0.1, -0.05) is 12.7 Å². The van der Waals surface area contributed by atoms with E-state index in [0.29, 0.717) is 0 Å². The lowest BCUT2D eigenvalue weighted by molar-refractivity contribution is 0.323. The van der Waals surface area contributed by atoms with Crippen LogP contribution < -0.4 is 0 Å². The fourth-order valence-electron chi connectivity index (χ4n) is 0.177. The molecule has 0 unspecified atom stereocenters. The fourth-order valence-corrected chi connectivity index (χ4v) is 0.177. The van der Waals surface area contributed by atoms with Crippen LogP contribution in [0.4, 0.5) is 0 Å². The number of hydrogen-bond donors (Lipinski definition) is 1. The smallest absolute Gasteiger partial charge is 0.0798 e. The van der Waals surface area contributed by atoms with Gasteiger partial charge >= 0.3 is 0 Å². The Labute approximate surface area is 42.5 Å². The molecule has 0 aliphatic heterocycles. The molecule has 0 bridgehead atoms. The summed E-state index contributed by atoms with van der Waals surface area (Å²) in [5, 5.41) is 10.3. The van der Waals surface area contributed by atoms with Gasteiger partial charge in [0.1, 0.15) is 0 Å². The second kappa shape index (κ2) is 5.03. The van der Waals surface area contributed by atoms with Gasteiger partial charge in [-0.3, -0.25) is 0 Å². The molecule has 0 rings (SSSR count). The van der Waals surface area contributed by atoms with E-state index in [4.69, 9.17) is 5.21 Å². The van der Waals surface area contributed by atoms with Crippen LogP contribution in [0.1, 0.15) is 13.3 Å². The van der Waals surface area contributed by atoms with Crippen LogP contribution >= 0.6 is 0 Å². The monoisotopic (exact) mass is 97.1 g/mol. The Morgan fingerprint density at radius 3 is 3.00 bits per heavy atom. The summed E-state index contributed by atoms with van der Waals surface area (Å²) in [5.41, 5.74) is 2.49. The summed E-state index contributed by atoms with van der Waals surface area (Å²) in [6, 6.07) is 0. The van der Waals surface area contributed by atoms with E-state index in [2.05, 4.69) is 16.8 Å². The van der Waals surface area contributed by atoms with Crippen molar-refractivity contribution in [2.75, 3.05) is 0 Å². The van der Waals surface area contributed by atoms with E-state index in [0.717, 1.165) is 6.42 Å². The van der Waals surface area contributed by atoms with Gasteiger partial charge in [0.25, 0.3) is 0 Å². The quantitative estimate of drug-likeness (QED) is 0.226. The molecule has 7 heavy (non-hydrogen) atoms. The number of hydrogen-bond acceptors (Lipinski definition) is 2. The standard InChI is InChI=1S/C5H7NO/c1-2-3-4-5-6-7/h3,7H,2H2,1H3. The minimum Gasteiger partial charge on any atom is -0.403 e. The van der Waals surface area contributed by atoms with E-state index >= 15 is 0 Å². The summed E-state index contributed by atoms with van der Waals surface area (Å²) in [4.78, 5) is 0. The molecule has 1 N–H and O–H groups in total. The minimum atomic E-state index is 0.891. The lowest BCUT2D eigenvalue weighted by Gasteiger charge is -1.60. The molecule has 0 radical (unpaired) electrons. The van der Waals surface area contributed by atoms with Crippen LogP contribution in [0.3, 0.4) is 0 Å². The van der Waals surface area contributed by atoms with E-state index in [9.17, 15) is 0 Å². The largest absolute Gasteiger partial charge is 0.403 e. The first-order chi connectivity index (χ1) is 3.41. The van der Waals surface area contributed by atoms with Gasteiger partial charge in [0, 0.05) is 0 Å². The summed E-state index contributed by atoms with van der Waals surface area (Å²) in [6.45, 7) is 1.96. The van der Waals surface area contributed by atoms with Gasteiger partial charge in [-0.15, -0.1) is 0 Å². The number of rotatable bonds is 1. The van der Waals surface area contributed by atoms with Crippen molar-refractivity contribution in [3.8, 4) is 0 Å². The molecule has 2 nitrogen and oxygen atoms in total. The van der Waals surface area contributed by atoms with E-state index in [-0.39, 0.29) is 0 Å². The zero-order chi connectivity index (χ0) is 5.54. The average molecular weight is 97.1 g/mol. The second-order valence-electron chi connectivity index (χ2n) is 0.969. The van der Waals surface area contributed by atoms with E-state index in [1.54, 1.807) is 6.08 Å². The lowest BCUT2D eigenvalue weighted by Crippen LogP contribution is -1.48. The first-order valence-corrected chi connectivity index (χ1v) is 2.08. The van der Waals surface area contributed by atoms with E-state index in [1.165, 1.54) is 0 Å². The Hall–Kier alpha value is -0.970. The molecule has 0 atom stereocenters. The minimum absolute atomic E-state index is 0.891. The topological polar surface area (TPSA) is 32.6 Å². The second-order valence-corrected chi connectivity index (χ2v) is 0.969. The van der Waals surface area contributed by atoms with Gasteiger partial charge in [-0.05, 0) is 17.7 Å². The van der Waals surface area contributed by atoms with Gasteiger partial charge < -0.3 is 5.21 Å². The van der Waals surface area contributed by atoms with Gasteiger partial charge in [0.15, 0.2) is 0 Å². The summed E-state index contributed by atoms with van der Waals surface area (Å²) in [6.07, 6.45) is 2.61. The lowest BCUT2D eigenvalue weighted by atomic mass is 10.5. The third kappa shape index (κ3) is 5.03. The zero-order valence-electron chi connectivity index (χ0n) is 4.18. The fraction of sp³-hybridized carbons (Fsp3) is 0.400. The molecule has 0 aromatic carbocycles. The van der Waals surface area contributed by atoms with Crippen LogP contribution in [-0.2, 0) is 0 Å². The molecule has 0 amide bonds. The Balaban J connectivity index is 3.64. The molecule has 0 aliphatic rings. The highest BCUT2D eigenvalue weighted by atomic mass is 16.4. The van der Waals surface area contributed by atoms with E-state index < -0.39 is 0 Å². The molecule has 38 valence electrons. The van der Waals surface area contributed by atoms with Crippen LogP contribution in [0.15, 0.2) is 17.0 Å². The highest BCUT2D eigenvalue weighted by Gasteiger charge is 1.53. The summed E-state index contributed by atoms with van der Waals surface area (Å²) < 4.78 is 0. The van der Waals surface area contributed by atoms with Crippen molar-refractivity contribution in [3.63, 3.8) is 0 Å². The third-order valence-corrected chi connectivity index (χ3v) is 0.421. The summed E-state index contributed by atoms with van der Waals surface area (Å²) in [5.74, 6) is 2.12. The van der Waals surface area contributed by atoms with Gasteiger partial charge in [-0.25, -0.2) is 0 Å². The van der Waals surface area contributed by atoms with Gasteiger partial charge in [0.2, 0.25) is 0 Å². The Morgan fingerprint density at radius 1 is 1.86 bits per heavy atom. The Morgan fingerprint density at radius 2 is 2.57 bits per heavy atom. The zero-order valence-corrected chi connectivity index (χ0v) is 4.18. The first-order valence-electron chi connectivity index (χ1n) is 2.08. The highest BCUT2D eigenvalue weighted by molar-refractivity contribution is 5.49. The van der Waals surface area contributed by atoms with Crippen molar-refractivity contribution in [2.45, 2.75) is 13.3 Å². The van der Waals surface area contributed by atoms with Crippen molar-refractivity contribution in [1.82, 2.24) is 0 Å². The number of nitrogens with zero attached hydrogens (tertiary/aromatic N) is 1. The maximum absolute atomic E-state index is 7.72. The Kier molecular flexibility index (Phi) is 4.33. The van der Waals surface area contributed by atoms with Crippen LogP contribution in [0.2, 0.25) is 0 Å². The summed E-state index contributed by atoms with van der Waals surface area (Å²) in [7, 11) is 0. The van der Waals surface area contributed by atoms with Crippen molar-refractivity contribution in [2.24, 2.45) is 5.16 Å². The third-order valence-electron chi connectivity index (χ3n) is 0.421. The predicted molar refractivity (Wildman–Crippen MR) is 27.6 cm³/mol. The molecule has 0 saturated carbocycles. The molecule has 0 aromatic heterocycles. The van der Waals surface area contributed by atoms with Crippen LogP contribution in [0.25, 0.3) is 0 Å². The molecular weight excluding hydrogens is 90.1 g/mol. The maximum Gasteiger partial charge on any atom is 0.0798 e. The van der Waals surface area contributed by atoms with Crippen molar-refractivity contribution in [3.05, 3.63) is 11.8 Å². The molecule has 0 saturated heterocycles. The van der Waals surface area contributed by atoms with Crippen molar-refractivity contribution >= 4 is 5.87 Å². The predicted octanol–water partition coefficient (Wildman–Crippen LogP) is 1.17. The molecule has 2 heteroatoms. The van der Waals surface area contributed by atoms with Gasteiger partial charge in [0.05, 0.1) is 5.87 Å². The van der Waals surface area contributed by atoms with Crippen molar-refractivity contribution in [1.29, 1.82) is 0 Å². The Bertz CT molecular complexity index is 116. The highest BCUT2D eigenvalue weighted by Crippen LogP contribution is 1.69. The van der Waals surface area contributed by atoms with Crippen LogP contribution in [0.5, 0.6) is 0 Å². The molecule has 0 heterocycles.